The fraction of sp³-hybridized carbons (Fsp3) is 0.389. The number of nitrogens with zero attached hydrogens (tertiary/aromatic N) is 1. The number of hydrogen-bond acceptors (Lipinski definition) is 5. The Morgan fingerprint density at radius 2 is 2.00 bits per heavy atom. The number of benzene rings is 1. The first-order valence-corrected chi connectivity index (χ1v) is 9.75. The highest BCUT2D eigenvalue weighted by atomic mass is 35.5. The van der Waals surface area contributed by atoms with Crippen molar-refractivity contribution in [3.05, 3.63) is 60.8 Å². The average molecular weight is 377 g/mol. The minimum absolute atomic E-state index is 0.105. The van der Waals surface area contributed by atoms with Crippen LogP contribution in [0.3, 0.4) is 0 Å². The van der Waals surface area contributed by atoms with Gasteiger partial charge in [-0.15, -0.1) is 11.8 Å². The van der Waals surface area contributed by atoms with Gasteiger partial charge in [0.05, 0.1) is 4.92 Å². The summed E-state index contributed by atoms with van der Waals surface area (Å²) in [5.41, 5.74) is 3.64. The summed E-state index contributed by atoms with van der Waals surface area (Å²) in [6, 6.07) is 4.92. The molecule has 130 valence electrons. The van der Waals surface area contributed by atoms with Gasteiger partial charge in [0.2, 0.25) is 0 Å². The van der Waals surface area contributed by atoms with Crippen molar-refractivity contribution in [2.75, 3.05) is 5.75 Å². The van der Waals surface area contributed by atoms with Crippen molar-refractivity contribution in [3.63, 3.8) is 0 Å². The zero-order valence-corrected chi connectivity index (χ0v) is 15.1. The molecule has 0 fully saturated rings. The molecule has 1 N–H and O–H groups in total. The van der Waals surface area contributed by atoms with Crippen LogP contribution in [0, 0.1) is 10.1 Å². The summed E-state index contributed by atoms with van der Waals surface area (Å²) in [7, 11) is 0. The molecule has 4 rings (SSSR count). The molecule has 3 aliphatic rings. The third-order valence-electron chi connectivity index (χ3n) is 4.94. The smallest absolute Gasteiger partial charge is 0.288 e. The molecule has 1 aromatic carbocycles. The van der Waals surface area contributed by atoms with Gasteiger partial charge >= 0.3 is 0 Å². The van der Waals surface area contributed by atoms with E-state index < -0.39 is 4.92 Å². The first-order chi connectivity index (χ1) is 12.1. The van der Waals surface area contributed by atoms with Crippen molar-refractivity contribution in [2.24, 2.45) is 0 Å². The van der Waals surface area contributed by atoms with Crippen LogP contribution in [0.15, 0.2) is 40.1 Å². The van der Waals surface area contributed by atoms with Crippen LogP contribution < -0.4 is 5.32 Å². The zero-order chi connectivity index (χ0) is 17.6. The zero-order valence-electron chi connectivity index (χ0n) is 13.5. The van der Waals surface area contributed by atoms with Crippen molar-refractivity contribution in [1.29, 1.82) is 0 Å². The predicted molar refractivity (Wildman–Crippen MR) is 98.6 cm³/mol. The van der Waals surface area contributed by atoms with Crippen LogP contribution in [0.5, 0.6) is 0 Å². The summed E-state index contributed by atoms with van der Waals surface area (Å²) in [6.07, 6.45) is 4.31. The fourth-order valence-corrected chi connectivity index (χ4v) is 5.27. The molecule has 0 radical (unpaired) electrons. The number of thioether (sulfide) groups is 1. The van der Waals surface area contributed by atoms with Gasteiger partial charge in [-0.05, 0) is 43.1 Å². The summed E-state index contributed by atoms with van der Waals surface area (Å²) in [5, 5.41) is 14.9. The SMILES string of the molecule is O=C1CCCC2=C1C(c1ccc(Cl)c([N+](=O)[O-])c1)C1=C(CCCS1)N2. The van der Waals surface area contributed by atoms with Crippen LogP contribution in [0.2, 0.25) is 5.02 Å². The van der Waals surface area contributed by atoms with Crippen molar-refractivity contribution in [1.82, 2.24) is 5.32 Å². The molecule has 0 saturated heterocycles. The van der Waals surface area contributed by atoms with Crippen molar-refractivity contribution >= 4 is 34.8 Å². The molecule has 1 aliphatic carbocycles. The highest BCUT2D eigenvalue weighted by molar-refractivity contribution is 8.03. The highest BCUT2D eigenvalue weighted by Crippen LogP contribution is 2.49. The molecule has 7 heteroatoms. The molecule has 25 heavy (non-hydrogen) atoms. The fourth-order valence-electron chi connectivity index (χ4n) is 3.83. The summed E-state index contributed by atoms with van der Waals surface area (Å²) in [4.78, 5) is 24.7. The number of hydrogen-bond donors (Lipinski definition) is 1. The lowest BCUT2D eigenvalue weighted by Gasteiger charge is -2.37. The van der Waals surface area contributed by atoms with E-state index in [1.54, 1.807) is 17.8 Å². The second-order valence-electron chi connectivity index (χ2n) is 6.49. The maximum atomic E-state index is 12.7. The molecule has 1 aromatic rings. The summed E-state index contributed by atoms with van der Waals surface area (Å²) >= 11 is 7.74. The second-order valence-corrected chi connectivity index (χ2v) is 8.03. The number of nitro benzene ring substituents is 1. The highest BCUT2D eigenvalue weighted by Gasteiger charge is 2.38. The van der Waals surface area contributed by atoms with Gasteiger partial charge in [-0.25, -0.2) is 0 Å². The van der Waals surface area contributed by atoms with Crippen molar-refractivity contribution in [3.8, 4) is 0 Å². The number of ketones is 1. The topological polar surface area (TPSA) is 72.2 Å². The molecular weight excluding hydrogens is 360 g/mol. The molecule has 5 nitrogen and oxygen atoms in total. The van der Waals surface area contributed by atoms with Gasteiger partial charge in [0, 0.05) is 40.3 Å². The van der Waals surface area contributed by atoms with Crippen LogP contribution in [0.25, 0.3) is 0 Å². The monoisotopic (exact) mass is 376 g/mol. The molecule has 2 aliphatic heterocycles. The lowest BCUT2D eigenvalue weighted by molar-refractivity contribution is -0.384. The molecule has 0 amide bonds. The summed E-state index contributed by atoms with van der Waals surface area (Å²) < 4.78 is 0. The molecule has 1 atom stereocenters. The Hall–Kier alpha value is -1.79. The molecular formula is C18H17ClN2O3S. The number of dihydropyridines is 1. The van der Waals surface area contributed by atoms with Gasteiger partial charge in [-0.2, -0.15) is 0 Å². The largest absolute Gasteiger partial charge is 0.361 e. The Morgan fingerprint density at radius 1 is 1.20 bits per heavy atom. The van der Waals surface area contributed by atoms with Crippen molar-refractivity contribution < 1.29 is 9.72 Å². The van der Waals surface area contributed by atoms with E-state index >= 15 is 0 Å². The van der Waals surface area contributed by atoms with Crippen LogP contribution in [0.4, 0.5) is 5.69 Å². The molecule has 0 spiro atoms. The van der Waals surface area contributed by atoms with E-state index in [4.69, 9.17) is 11.6 Å². The normalized spacial score (nSPS) is 23.1. The first-order valence-electron chi connectivity index (χ1n) is 8.39. The number of rotatable bonds is 2. The van der Waals surface area contributed by atoms with Crippen LogP contribution in [-0.2, 0) is 4.79 Å². The lowest BCUT2D eigenvalue weighted by atomic mass is 9.79. The third kappa shape index (κ3) is 2.87. The number of halogens is 1. The summed E-state index contributed by atoms with van der Waals surface area (Å²) in [5.74, 6) is 0.943. The van der Waals surface area contributed by atoms with E-state index in [-0.39, 0.29) is 22.4 Å². The van der Waals surface area contributed by atoms with E-state index in [9.17, 15) is 14.9 Å². The van der Waals surface area contributed by atoms with E-state index in [0.29, 0.717) is 6.42 Å². The lowest BCUT2D eigenvalue weighted by Crippen LogP contribution is -2.32. The molecule has 1 unspecified atom stereocenters. The Bertz CT molecular complexity index is 847. The van der Waals surface area contributed by atoms with Crippen LogP contribution in [0.1, 0.15) is 43.6 Å². The number of allylic oxidation sites excluding steroid dienone is 4. The average Bonchev–Trinajstić information content (AvgIpc) is 2.60. The number of carbonyl (C=O) groups is 1. The quantitative estimate of drug-likeness (QED) is 0.599. The van der Waals surface area contributed by atoms with Gasteiger partial charge in [0.1, 0.15) is 5.02 Å². The van der Waals surface area contributed by atoms with Gasteiger partial charge in [0.15, 0.2) is 5.78 Å². The Morgan fingerprint density at radius 3 is 2.80 bits per heavy atom. The minimum atomic E-state index is -0.464. The van der Waals surface area contributed by atoms with E-state index in [1.807, 2.05) is 6.07 Å². The first kappa shape index (κ1) is 16.7. The number of Topliss-reactive ketones (excluding diaryl/α,β-unsaturated/α-hetero) is 1. The predicted octanol–water partition coefficient (Wildman–Crippen LogP) is 4.68. The molecule has 0 aromatic heterocycles. The molecule has 0 bridgehead atoms. The second kappa shape index (κ2) is 6.50. The van der Waals surface area contributed by atoms with Gasteiger partial charge in [-0.1, -0.05) is 17.7 Å². The Labute approximate surface area is 154 Å². The van der Waals surface area contributed by atoms with E-state index in [2.05, 4.69) is 5.32 Å². The third-order valence-corrected chi connectivity index (χ3v) is 6.54. The minimum Gasteiger partial charge on any atom is -0.361 e. The number of nitrogens with one attached hydrogen (secondary N) is 1. The van der Waals surface area contributed by atoms with Crippen molar-refractivity contribution in [2.45, 2.75) is 38.0 Å². The maximum absolute atomic E-state index is 12.7. The van der Waals surface area contributed by atoms with Gasteiger partial charge in [0.25, 0.3) is 5.69 Å². The maximum Gasteiger partial charge on any atom is 0.288 e. The standard InChI is InChI=1S/C18H17ClN2O3S/c19-11-7-6-10(9-14(11)21(23)24)16-17-12(3-1-5-15(17)22)20-13-4-2-8-25-18(13)16/h6-7,9,16,20H,1-5,8H2. The Balaban J connectivity index is 1.88. The Kier molecular flexibility index (Phi) is 4.33. The number of carbonyl (C=O) groups excluding carboxylic acids is 1. The summed E-state index contributed by atoms with van der Waals surface area (Å²) in [6.45, 7) is 0. The van der Waals surface area contributed by atoms with Gasteiger partial charge in [-0.3, -0.25) is 14.9 Å². The van der Waals surface area contributed by atoms with E-state index in [1.165, 1.54) is 11.8 Å². The molecule has 0 saturated carbocycles. The number of nitro groups is 1. The van der Waals surface area contributed by atoms with Crippen LogP contribution >= 0.6 is 23.4 Å². The molecule has 2 heterocycles. The van der Waals surface area contributed by atoms with Crippen LogP contribution in [-0.4, -0.2) is 16.5 Å². The van der Waals surface area contributed by atoms with Gasteiger partial charge < -0.3 is 5.32 Å². The van der Waals surface area contributed by atoms with E-state index in [0.717, 1.165) is 53.2 Å².